The molecule has 0 spiro atoms. The number of β-amino-alcohol motifs (C(OH)–C–C–N with tert-alkyl or cyclic N) is 1. The largest absolute Gasteiger partial charge is 0.395 e. The second-order valence-corrected chi connectivity index (χ2v) is 3.96. The first-order valence-electron chi connectivity index (χ1n) is 5.30. The number of benzene rings is 1. The zero-order valence-corrected chi connectivity index (χ0v) is 8.93. The topological polar surface area (TPSA) is 66.6 Å². The number of fused-ring (bicyclic) bond motifs is 1. The van der Waals surface area contributed by atoms with Gasteiger partial charge in [0.15, 0.2) is 0 Å². The minimum absolute atomic E-state index is 0.155. The van der Waals surface area contributed by atoms with Gasteiger partial charge in [0.2, 0.25) is 0 Å². The number of non-ortho nitro benzene ring substituents is 1. The lowest BCUT2D eigenvalue weighted by Gasteiger charge is -2.27. The van der Waals surface area contributed by atoms with E-state index in [-0.39, 0.29) is 17.2 Å². The Morgan fingerprint density at radius 2 is 2.25 bits per heavy atom. The summed E-state index contributed by atoms with van der Waals surface area (Å²) in [5.41, 5.74) is 2.35. The lowest BCUT2D eigenvalue weighted by atomic mass is 9.99. The fourth-order valence-corrected chi connectivity index (χ4v) is 2.04. The number of hydrogen-bond donors (Lipinski definition) is 1. The highest BCUT2D eigenvalue weighted by Crippen LogP contribution is 2.23. The van der Waals surface area contributed by atoms with Crippen molar-refractivity contribution in [3.63, 3.8) is 0 Å². The zero-order chi connectivity index (χ0) is 11.5. The van der Waals surface area contributed by atoms with E-state index in [0.29, 0.717) is 6.54 Å². The average Bonchev–Trinajstić information content (AvgIpc) is 2.28. The van der Waals surface area contributed by atoms with E-state index in [0.717, 1.165) is 30.6 Å². The fraction of sp³-hybridized carbons (Fsp3) is 0.455. The molecule has 1 aromatic rings. The molecule has 16 heavy (non-hydrogen) atoms. The van der Waals surface area contributed by atoms with Gasteiger partial charge >= 0.3 is 0 Å². The lowest BCUT2D eigenvalue weighted by Crippen LogP contribution is -2.32. The van der Waals surface area contributed by atoms with E-state index >= 15 is 0 Å². The van der Waals surface area contributed by atoms with Crippen molar-refractivity contribution < 1.29 is 10.0 Å². The van der Waals surface area contributed by atoms with Crippen molar-refractivity contribution >= 4 is 5.69 Å². The molecule has 86 valence electrons. The number of rotatable bonds is 3. The molecule has 0 radical (unpaired) electrons. The van der Waals surface area contributed by atoms with Gasteiger partial charge in [-0.05, 0) is 17.5 Å². The molecule has 0 fully saturated rings. The lowest BCUT2D eigenvalue weighted by molar-refractivity contribution is -0.384. The Balaban J connectivity index is 2.19. The highest BCUT2D eigenvalue weighted by Gasteiger charge is 2.18. The first-order valence-corrected chi connectivity index (χ1v) is 5.30. The van der Waals surface area contributed by atoms with Gasteiger partial charge in [-0.25, -0.2) is 0 Å². The number of nitro groups is 1. The third-order valence-electron chi connectivity index (χ3n) is 2.91. The molecule has 1 aliphatic rings. The number of nitrogens with zero attached hydrogens (tertiary/aromatic N) is 2. The van der Waals surface area contributed by atoms with Crippen LogP contribution in [0.2, 0.25) is 0 Å². The predicted octanol–water partition coefficient (Wildman–Crippen LogP) is 0.945. The maximum absolute atomic E-state index is 10.6. The summed E-state index contributed by atoms with van der Waals surface area (Å²) in [5.74, 6) is 0. The quantitative estimate of drug-likeness (QED) is 0.610. The molecule has 0 unspecified atom stereocenters. The molecule has 1 heterocycles. The van der Waals surface area contributed by atoms with Gasteiger partial charge in [0.1, 0.15) is 0 Å². The first-order chi connectivity index (χ1) is 7.70. The summed E-state index contributed by atoms with van der Waals surface area (Å²) in [7, 11) is 0. The summed E-state index contributed by atoms with van der Waals surface area (Å²) >= 11 is 0. The van der Waals surface area contributed by atoms with Crippen LogP contribution in [0.4, 0.5) is 5.69 Å². The summed E-state index contributed by atoms with van der Waals surface area (Å²) in [6.07, 6.45) is 0.816. The molecular weight excluding hydrogens is 208 g/mol. The molecule has 0 aliphatic carbocycles. The Hall–Kier alpha value is -1.46. The Labute approximate surface area is 93.5 Å². The highest BCUT2D eigenvalue weighted by molar-refractivity contribution is 5.41. The molecule has 1 N–H and O–H groups in total. The molecular formula is C11H14N2O3. The van der Waals surface area contributed by atoms with E-state index in [1.54, 1.807) is 12.1 Å². The van der Waals surface area contributed by atoms with Crippen LogP contribution in [0.3, 0.4) is 0 Å². The molecule has 1 aliphatic heterocycles. The van der Waals surface area contributed by atoms with Gasteiger partial charge in [-0.15, -0.1) is 0 Å². The van der Waals surface area contributed by atoms with Gasteiger partial charge < -0.3 is 5.11 Å². The van der Waals surface area contributed by atoms with E-state index in [1.807, 2.05) is 6.07 Å². The maximum Gasteiger partial charge on any atom is 0.269 e. The molecule has 5 nitrogen and oxygen atoms in total. The third kappa shape index (κ3) is 2.20. The summed E-state index contributed by atoms with van der Waals surface area (Å²) in [4.78, 5) is 12.4. The van der Waals surface area contributed by atoms with Crippen molar-refractivity contribution in [2.24, 2.45) is 0 Å². The number of nitro benzene ring substituents is 1. The van der Waals surface area contributed by atoms with E-state index in [4.69, 9.17) is 5.11 Å². The molecule has 0 saturated carbocycles. The number of hydrogen-bond acceptors (Lipinski definition) is 4. The van der Waals surface area contributed by atoms with Crippen molar-refractivity contribution in [2.45, 2.75) is 13.0 Å². The van der Waals surface area contributed by atoms with E-state index in [1.165, 1.54) is 0 Å². The van der Waals surface area contributed by atoms with Crippen LogP contribution in [0.1, 0.15) is 11.1 Å². The SMILES string of the molecule is O=[N+]([O-])c1ccc2c(c1)CCN(CCO)C2. The van der Waals surface area contributed by atoms with Crippen molar-refractivity contribution in [1.29, 1.82) is 0 Å². The summed E-state index contributed by atoms with van der Waals surface area (Å²) in [5, 5.41) is 19.5. The van der Waals surface area contributed by atoms with Crippen molar-refractivity contribution in [1.82, 2.24) is 4.90 Å². The minimum Gasteiger partial charge on any atom is -0.395 e. The van der Waals surface area contributed by atoms with Crippen LogP contribution in [-0.4, -0.2) is 34.6 Å². The first kappa shape index (κ1) is 11.0. The second-order valence-electron chi connectivity index (χ2n) is 3.96. The molecule has 0 bridgehead atoms. The van der Waals surface area contributed by atoms with Crippen LogP contribution in [-0.2, 0) is 13.0 Å². The van der Waals surface area contributed by atoms with E-state index in [2.05, 4.69) is 4.90 Å². The Bertz CT molecular complexity index is 406. The van der Waals surface area contributed by atoms with Crippen LogP contribution in [0.5, 0.6) is 0 Å². The van der Waals surface area contributed by atoms with Gasteiger partial charge in [-0.1, -0.05) is 6.07 Å². The minimum atomic E-state index is -0.361. The summed E-state index contributed by atoms with van der Waals surface area (Å²) in [6, 6.07) is 5.02. The Kier molecular flexibility index (Phi) is 3.17. The molecule has 1 aromatic carbocycles. The zero-order valence-electron chi connectivity index (χ0n) is 8.93. The van der Waals surface area contributed by atoms with Crippen LogP contribution in [0, 0.1) is 10.1 Å². The third-order valence-corrected chi connectivity index (χ3v) is 2.91. The van der Waals surface area contributed by atoms with Crippen LogP contribution in [0.25, 0.3) is 0 Å². The van der Waals surface area contributed by atoms with Gasteiger partial charge in [0.05, 0.1) is 11.5 Å². The summed E-state index contributed by atoms with van der Waals surface area (Å²) < 4.78 is 0. The number of aliphatic hydroxyl groups excluding tert-OH is 1. The van der Waals surface area contributed by atoms with Gasteiger partial charge in [0.25, 0.3) is 5.69 Å². The second kappa shape index (κ2) is 4.59. The van der Waals surface area contributed by atoms with Gasteiger partial charge in [0, 0.05) is 31.8 Å². The molecule has 0 amide bonds. The van der Waals surface area contributed by atoms with Crippen molar-refractivity contribution in [3.05, 3.63) is 39.4 Å². The van der Waals surface area contributed by atoms with Crippen molar-refractivity contribution in [2.75, 3.05) is 19.7 Å². The van der Waals surface area contributed by atoms with Gasteiger partial charge in [-0.3, -0.25) is 15.0 Å². The molecule has 0 aromatic heterocycles. The van der Waals surface area contributed by atoms with Gasteiger partial charge in [-0.2, -0.15) is 0 Å². The molecule has 2 rings (SSSR count). The monoisotopic (exact) mass is 222 g/mol. The van der Waals surface area contributed by atoms with Crippen molar-refractivity contribution in [3.8, 4) is 0 Å². The molecule has 0 atom stereocenters. The fourth-order valence-electron chi connectivity index (χ4n) is 2.04. The summed E-state index contributed by atoms with van der Waals surface area (Å²) in [6.45, 7) is 2.45. The van der Waals surface area contributed by atoms with E-state index < -0.39 is 0 Å². The van der Waals surface area contributed by atoms with E-state index in [9.17, 15) is 10.1 Å². The smallest absolute Gasteiger partial charge is 0.269 e. The number of aliphatic hydroxyl groups is 1. The molecule has 5 heteroatoms. The van der Waals surface area contributed by atoms with Crippen LogP contribution < -0.4 is 0 Å². The normalized spacial score (nSPS) is 15.8. The Morgan fingerprint density at radius 3 is 2.94 bits per heavy atom. The maximum atomic E-state index is 10.6. The average molecular weight is 222 g/mol. The predicted molar refractivity (Wildman–Crippen MR) is 59.2 cm³/mol. The van der Waals surface area contributed by atoms with Crippen LogP contribution in [0.15, 0.2) is 18.2 Å². The van der Waals surface area contributed by atoms with Crippen LogP contribution >= 0.6 is 0 Å². The Morgan fingerprint density at radius 1 is 1.44 bits per heavy atom. The molecule has 0 saturated heterocycles. The highest BCUT2D eigenvalue weighted by atomic mass is 16.6. The standard InChI is InChI=1S/C11H14N2O3/c14-6-5-12-4-3-9-7-11(13(15)16)2-1-10(9)8-12/h1-2,7,14H,3-6,8H2.